The zero-order valence-electron chi connectivity index (χ0n) is 14.8. The quantitative estimate of drug-likeness (QED) is 0.739. The molecule has 1 aliphatic carbocycles. The number of rotatable bonds is 5. The van der Waals surface area contributed by atoms with Crippen molar-refractivity contribution in [2.45, 2.75) is 44.2 Å². The number of benzene rings is 1. The number of ether oxygens (including phenoxy) is 1. The van der Waals surface area contributed by atoms with Crippen molar-refractivity contribution in [1.29, 1.82) is 0 Å². The van der Waals surface area contributed by atoms with Gasteiger partial charge in [0.15, 0.2) is 16.4 Å². The van der Waals surface area contributed by atoms with E-state index in [-0.39, 0.29) is 39.9 Å². The van der Waals surface area contributed by atoms with E-state index < -0.39 is 28.3 Å². The summed E-state index contributed by atoms with van der Waals surface area (Å²) in [5.74, 6) is -1.52. The van der Waals surface area contributed by atoms with Crippen molar-refractivity contribution < 1.29 is 27.9 Å². The van der Waals surface area contributed by atoms with Crippen molar-refractivity contribution >= 4 is 33.3 Å². The van der Waals surface area contributed by atoms with E-state index in [0.717, 1.165) is 25.7 Å². The number of amides is 1. The maximum Gasteiger partial charge on any atom is 0.342 e. The molecule has 2 fully saturated rings. The van der Waals surface area contributed by atoms with Crippen molar-refractivity contribution in [2.75, 3.05) is 18.1 Å². The molecule has 7 nitrogen and oxygen atoms in total. The van der Waals surface area contributed by atoms with Crippen molar-refractivity contribution in [3.05, 3.63) is 28.8 Å². The SMILES string of the molecule is O=C(OCC(=O)N(C1CCCC1)C1CCS(=O)(=O)C1)c1ccc(Cl)cc1O. The van der Waals surface area contributed by atoms with Gasteiger partial charge in [0.2, 0.25) is 0 Å². The molecule has 1 saturated carbocycles. The summed E-state index contributed by atoms with van der Waals surface area (Å²) in [6.45, 7) is -0.492. The molecule has 0 spiro atoms. The fraction of sp³-hybridized carbons (Fsp3) is 0.556. The summed E-state index contributed by atoms with van der Waals surface area (Å²) in [6.07, 6.45) is 4.05. The molecular formula is C18H22ClNO6S. The first-order valence-electron chi connectivity index (χ1n) is 8.94. The summed E-state index contributed by atoms with van der Waals surface area (Å²) in [4.78, 5) is 26.5. The van der Waals surface area contributed by atoms with Crippen molar-refractivity contribution in [3.63, 3.8) is 0 Å². The number of sulfone groups is 1. The molecule has 1 aliphatic heterocycles. The largest absolute Gasteiger partial charge is 0.507 e. The summed E-state index contributed by atoms with van der Waals surface area (Å²) < 4.78 is 28.8. The van der Waals surface area contributed by atoms with Crippen molar-refractivity contribution in [1.82, 2.24) is 4.90 Å². The Balaban J connectivity index is 1.68. The highest BCUT2D eigenvalue weighted by atomic mass is 35.5. The van der Waals surface area contributed by atoms with Gasteiger partial charge in [-0.15, -0.1) is 0 Å². The van der Waals surface area contributed by atoms with Gasteiger partial charge in [0, 0.05) is 17.1 Å². The van der Waals surface area contributed by atoms with Crippen LogP contribution in [0.5, 0.6) is 5.75 Å². The molecule has 9 heteroatoms. The molecule has 3 rings (SSSR count). The second-order valence-electron chi connectivity index (χ2n) is 7.03. The second-order valence-corrected chi connectivity index (χ2v) is 9.70. The van der Waals surface area contributed by atoms with Gasteiger partial charge in [-0.25, -0.2) is 13.2 Å². The third-order valence-electron chi connectivity index (χ3n) is 5.11. The molecule has 1 atom stereocenters. The Labute approximate surface area is 163 Å². The fourth-order valence-electron chi connectivity index (χ4n) is 3.84. The molecule has 1 unspecified atom stereocenters. The first-order chi connectivity index (χ1) is 12.8. The number of hydrogen-bond donors (Lipinski definition) is 1. The molecule has 1 heterocycles. The van der Waals surface area contributed by atoms with Gasteiger partial charge < -0.3 is 14.7 Å². The molecule has 27 heavy (non-hydrogen) atoms. The van der Waals surface area contributed by atoms with Crippen LogP contribution in [0.3, 0.4) is 0 Å². The Morgan fingerprint density at radius 3 is 2.48 bits per heavy atom. The number of halogens is 1. The van der Waals surface area contributed by atoms with E-state index in [2.05, 4.69) is 0 Å². The normalized spacial score (nSPS) is 21.9. The highest BCUT2D eigenvalue weighted by Gasteiger charge is 2.39. The predicted molar refractivity (Wildman–Crippen MR) is 99.6 cm³/mol. The van der Waals surface area contributed by atoms with E-state index in [1.54, 1.807) is 4.90 Å². The van der Waals surface area contributed by atoms with Gasteiger partial charge in [-0.3, -0.25) is 4.79 Å². The number of aromatic hydroxyl groups is 1. The van der Waals surface area contributed by atoms with E-state index in [9.17, 15) is 23.1 Å². The average Bonchev–Trinajstić information content (AvgIpc) is 3.23. The molecule has 1 aromatic rings. The van der Waals surface area contributed by atoms with E-state index >= 15 is 0 Å². The number of hydrogen-bond acceptors (Lipinski definition) is 6. The summed E-state index contributed by atoms with van der Waals surface area (Å²) >= 11 is 5.74. The van der Waals surface area contributed by atoms with E-state index in [1.165, 1.54) is 18.2 Å². The van der Waals surface area contributed by atoms with Crippen LogP contribution in [0.2, 0.25) is 5.02 Å². The molecule has 148 valence electrons. The predicted octanol–water partition coefficient (Wildman–Crippen LogP) is 2.16. The molecule has 1 saturated heterocycles. The molecular weight excluding hydrogens is 394 g/mol. The lowest BCUT2D eigenvalue weighted by Crippen LogP contribution is -2.48. The number of esters is 1. The van der Waals surface area contributed by atoms with Crippen LogP contribution in [0, 0.1) is 0 Å². The monoisotopic (exact) mass is 415 g/mol. The minimum Gasteiger partial charge on any atom is -0.507 e. The standard InChI is InChI=1S/C18H22ClNO6S/c19-12-5-6-15(16(21)9-12)18(23)26-10-17(22)20(13-3-1-2-4-13)14-7-8-27(24,25)11-14/h5-6,9,13-14,21H,1-4,7-8,10-11H2. The maximum absolute atomic E-state index is 12.8. The summed E-state index contributed by atoms with van der Waals surface area (Å²) in [5.41, 5.74) is -0.0805. The van der Waals surface area contributed by atoms with Crippen LogP contribution in [0.4, 0.5) is 0 Å². The van der Waals surface area contributed by atoms with E-state index in [1.807, 2.05) is 0 Å². The number of carbonyl (C=O) groups excluding carboxylic acids is 2. The highest BCUT2D eigenvalue weighted by molar-refractivity contribution is 7.91. The Kier molecular flexibility index (Phi) is 5.95. The van der Waals surface area contributed by atoms with Crippen LogP contribution in [-0.2, 0) is 19.4 Å². The minimum absolute atomic E-state index is 0.0153. The summed E-state index contributed by atoms with van der Waals surface area (Å²) in [7, 11) is -3.13. The van der Waals surface area contributed by atoms with E-state index in [0.29, 0.717) is 6.42 Å². The van der Waals surface area contributed by atoms with Gasteiger partial charge in [0.25, 0.3) is 5.91 Å². The lowest BCUT2D eigenvalue weighted by Gasteiger charge is -2.33. The van der Waals surface area contributed by atoms with Crippen LogP contribution in [0.15, 0.2) is 18.2 Å². The van der Waals surface area contributed by atoms with Gasteiger partial charge in [0.05, 0.1) is 11.5 Å². The third-order valence-corrected chi connectivity index (χ3v) is 7.10. The zero-order valence-corrected chi connectivity index (χ0v) is 16.3. The van der Waals surface area contributed by atoms with Gasteiger partial charge in [-0.05, 0) is 37.5 Å². The number of phenols is 1. The molecule has 0 bridgehead atoms. The first kappa shape index (κ1) is 19.9. The smallest absolute Gasteiger partial charge is 0.342 e. The van der Waals surface area contributed by atoms with E-state index in [4.69, 9.17) is 16.3 Å². The van der Waals surface area contributed by atoms with Crippen LogP contribution in [0.25, 0.3) is 0 Å². The second kappa shape index (κ2) is 8.06. The number of phenolic OH excluding ortho intramolecular Hbond substituents is 1. The van der Waals surface area contributed by atoms with Crippen LogP contribution in [0.1, 0.15) is 42.5 Å². The lowest BCUT2D eigenvalue weighted by molar-refractivity contribution is -0.139. The Morgan fingerprint density at radius 1 is 1.19 bits per heavy atom. The number of carbonyl (C=O) groups is 2. The molecule has 2 aliphatic rings. The topological polar surface area (TPSA) is 101 Å². The molecule has 0 aromatic heterocycles. The van der Waals surface area contributed by atoms with Gasteiger partial charge in [-0.2, -0.15) is 0 Å². The van der Waals surface area contributed by atoms with Crippen molar-refractivity contribution in [3.8, 4) is 5.75 Å². The molecule has 1 amide bonds. The molecule has 1 aromatic carbocycles. The Bertz CT molecular complexity index is 834. The Morgan fingerprint density at radius 2 is 1.89 bits per heavy atom. The minimum atomic E-state index is -3.13. The number of nitrogens with zero attached hydrogens (tertiary/aromatic N) is 1. The highest BCUT2D eigenvalue weighted by Crippen LogP contribution is 2.29. The van der Waals surface area contributed by atoms with Crippen LogP contribution >= 0.6 is 11.6 Å². The van der Waals surface area contributed by atoms with Crippen molar-refractivity contribution in [2.24, 2.45) is 0 Å². The van der Waals surface area contributed by atoms with Gasteiger partial charge >= 0.3 is 5.97 Å². The van der Waals surface area contributed by atoms with Crippen LogP contribution < -0.4 is 0 Å². The third kappa shape index (κ3) is 4.73. The first-order valence-corrected chi connectivity index (χ1v) is 11.1. The lowest BCUT2D eigenvalue weighted by atomic mass is 10.1. The van der Waals surface area contributed by atoms with Crippen LogP contribution in [-0.4, -0.2) is 60.5 Å². The molecule has 1 N–H and O–H groups in total. The van der Waals surface area contributed by atoms with Gasteiger partial charge in [-0.1, -0.05) is 24.4 Å². The Hall–Kier alpha value is -1.80. The zero-order chi connectivity index (χ0) is 19.6. The van der Waals surface area contributed by atoms with Gasteiger partial charge in [0.1, 0.15) is 11.3 Å². The summed E-state index contributed by atoms with van der Waals surface area (Å²) in [6, 6.07) is 3.59. The fourth-order valence-corrected chi connectivity index (χ4v) is 5.72. The summed E-state index contributed by atoms with van der Waals surface area (Å²) in [5, 5.41) is 10.1. The average molecular weight is 416 g/mol. The maximum atomic E-state index is 12.8. The molecule has 0 radical (unpaired) electrons.